The first-order valence-electron chi connectivity index (χ1n) is 7.10. The molecule has 2 aromatic heterocycles. The van der Waals surface area contributed by atoms with Crippen LogP contribution in [0.2, 0.25) is 0 Å². The van der Waals surface area contributed by atoms with Crippen molar-refractivity contribution >= 4 is 5.82 Å². The molecule has 3 heterocycles. The van der Waals surface area contributed by atoms with Gasteiger partial charge in [-0.1, -0.05) is 5.21 Å². The number of β-amino-alcohol motifs (C(OH)–C–C–N with tert-alkyl or cyclic N) is 1. The first-order chi connectivity index (χ1) is 11.3. The standard InChI is InChI=1S/C14H13F3N6O/c15-14(16,17)11-2-1-10(7-18)12(20-11)22-5-3-13(24,8-22)9-23-6-4-19-21-23/h1-2,4,6,24H,3,5,8-9H2. The average Bonchev–Trinajstić information content (AvgIpc) is 3.16. The topological polar surface area (TPSA) is 90.9 Å². The molecule has 1 unspecified atom stereocenters. The van der Waals surface area contributed by atoms with Crippen LogP contribution in [-0.2, 0) is 12.7 Å². The number of alkyl halides is 3. The van der Waals surface area contributed by atoms with E-state index in [9.17, 15) is 18.3 Å². The van der Waals surface area contributed by atoms with Gasteiger partial charge in [-0.05, 0) is 18.6 Å². The molecular formula is C14H13F3N6O. The molecule has 2 aromatic rings. The Balaban J connectivity index is 1.86. The lowest BCUT2D eigenvalue weighted by atomic mass is 10.0. The number of nitrogens with zero attached hydrogens (tertiary/aromatic N) is 6. The molecule has 0 aliphatic carbocycles. The highest BCUT2D eigenvalue weighted by Gasteiger charge is 2.39. The SMILES string of the molecule is N#Cc1ccc(C(F)(F)F)nc1N1CCC(O)(Cn2ccnn2)C1. The minimum Gasteiger partial charge on any atom is -0.386 e. The number of aliphatic hydroxyl groups is 1. The van der Waals surface area contributed by atoms with Gasteiger partial charge in [0.2, 0.25) is 0 Å². The first-order valence-corrected chi connectivity index (χ1v) is 7.10. The maximum atomic E-state index is 12.9. The van der Waals surface area contributed by atoms with Crippen molar-refractivity contribution in [3.63, 3.8) is 0 Å². The lowest BCUT2D eigenvalue weighted by Gasteiger charge is -2.24. The first kappa shape index (κ1) is 16.2. The summed E-state index contributed by atoms with van der Waals surface area (Å²) in [6.45, 7) is 0.494. The van der Waals surface area contributed by atoms with Gasteiger partial charge in [0.05, 0.1) is 24.8 Å². The summed E-state index contributed by atoms with van der Waals surface area (Å²) in [7, 11) is 0. The van der Waals surface area contributed by atoms with Crippen molar-refractivity contribution in [2.45, 2.75) is 24.7 Å². The molecule has 1 N–H and O–H groups in total. The van der Waals surface area contributed by atoms with Crippen LogP contribution >= 0.6 is 0 Å². The summed E-state index contributed by atoms with van der Waals surface area (Å²) in [5.74, 6) is -0.0677. The zero-order valence-corrected chi connectivity index (χ0v) is 12.4. The predicted molar refractivity (Wildman–Crippen MR) is 75.8 cm³/mol. The number of anilines is 1. The second-order valence-corrected chi connectivity index (χ2v) is 5.67. The highest BCUT2D eigenvalue weighted by Crippen LogP contribution is 2.33. The molecule has 0 bridgehead atoms. The lowest BCUT2D eigenvalue weighted by Crippen LogP contribution is -2.38. The van der Waals surface area contributed by atoms with Gasteiger partial charge >= 0.3 is 6.18 Å². The highest BCUT2D eigenvalue weighted by atomic mass is 19.4. The van der Waals surface area contributed by atoms with Gasteiger partial charge < -0.3 is 10.0 Å². The zero-order chi connectivity index (χ0) is 17.4. The minimum absolute atomic E-state index is 0.0352. The Hall–Kier alpha value is -2.67. The van der Waals surface area contributed by atoms with Crippen molar-refractivity contribution < 1.29 is 18.3 Å². The number of aromatic nitrogens is 4. The molecule has 126 valence electrons. The third-order valence-electron chi connectivity index (χ3n) is 3.85. The monoisotopic (exact) mass is 338 g/mol. The highest BCUT2D eigenvalue weighted by molar-refractivity contribution is 5.55. The number of rotatable bonds is 3. The van der Waals surface area contributed by atoms with Crippen LogP contribution in [0.1, 0.15) is 17.7 Å². The maximum absolute atomic E-state index is 12.9. The van der Waals surface area contributed by atoms with E-state index in [1.807, 2.05) is 6.07 Å². The van der Waals surface area contributed by atoms with E-state index in [1.54, 1.807) is 6.20 Å². The van der Waals surface area contributed by atoms with Crippen LogP contribution in [0.3, 0.4) is 0 Å². The van der Waals surface area contributed by atoms with E-state index in [4.69, 9.17) is 5.26 Å². The molecule has 3 rings (SSSR count). The lowest BCUT2D eigenvalue weighted by molar-refractivity contribution is -0.141. The Morgan fingerprint density at radius 2 is 2.17 bits per heavy atom. The van der Waals surface area contributed by atoms with Crippen LogP contribution in [0.15, 0.2) is 24.5 Å². The molecule has 0 aromatic carbocycles. The second kappa shape index (κ2) is 5.76. The van der Waals surface area contributed by atoms with Crippen molar-refractivity contribution in [2.75, 3.05) is 18.0 Å². The van der Waals surface area contributed by atoms with Gasteiger partial charge in [0.1, 0.15) is 23.2 Å². The van der Waals surface area contributed by atoms with Gasteiger partial charge in [0, 0.05) is 12.7 Å². The molecular weight excluding hydrogens is 325 g/mol. The van der Waals surface area contributed by atoms with Crippen LogP contribution in [0.25, 0.3) is 0 Å². The van der Waals surface area contributed by atoms with Gasteiger partial charge in [0.25, 0.3) is 0 Å². The number of hydrogen-bond donors (Lipinski definition) is 1. The molecule has 7 nitrogen and oxygen atoms in total. The summed E-state index contributed by atoms with van der Waals surface area (Å²) in [5.41, 5.74) is -2.22. The molecule has 1 saturated heterocycles. The van der Waals surface area contributed by atoms with E-state index in [0.717, 1.165) is 12.1 Å². The van der Waals surface area contributed by atoms with Crippen molar-refractivity contribution in [2.24, 2.45) is 0 Å². The fourth-order valence-corrected chi connectivity index (χ4v) is 2.72. The fraction of sp³-hybridized carbons (Fsp3) is 0.429. The Kier molecular flexibility index (Phi) is 3.88. The molecule has 10 heteroatoms. The van der Waals surface area contributed by atoms with Crippen LogP contribution in [0.4, 0.5) is 19.0 Å². The van der Waals surface area contributed by atoms with Crippen LogP contribution < -0.4 is 4.90 Å². The van der Waals surface area contributed by atoms with E-state index < -0.39 is 17.5 Å². The van der Waals surface area contributed by atoms with Crippen molar-refractivity contribution in [1.82, 2.24) is 20.0 Å². The number of hydrogen-bond acceptors (Lipinski definition) is 6. The maximum Gasteiger partial charge on any atom is 0.433 e. The zero-order valence-electron chi connectivity index (χ0n) is 12.4. The van der Waals surface area contributed by atoms with Crippen molar-refractivity contribution in [3.8, 4) is 6.07 Å². The summed E-state index contributed by atoms with van der Waals surface area (Å²) >= 11 is 0. The molecule has 24 heavy (non-hydrogen) atoms. The normalized spacial score (nSPS) is 21.0. The minimum atomic E-state index is -4.60. The van der Waals surface area contributed by atoms with Crippen molar-refractivity contribution in [3.05, 3.63) is 35.8 Å². The summed E-state index contributed by atoms with van der Waals surface area (Å²) < 4.78 is 40.0. The Morgan fingerprint density at radius 1 is 1.38 bits per heavy atom. The molecule has 0 saturated carbocycles. The second-order valence-electron chi connectivity index (χ2n) is 5.67. The number of halogens is 3. The Labute approximate surface area is 134 Å². The smallest absolute Gasteiger partial charge is 0.386 e. The van der Waals surface area contributed by atoms with E-state index in [1.165, 1.54) is 15.8 Å². The molecule has 0 radical (unpaired) electrons. The summed E-state index contributed by atoms with van der Waals surface area (Å²) in [6.07, 6.45) is -1.22. The Morgan fingerprint density at radius 3 is 2.79 bits per heavy atom. The third kappa shape index (κ3) is 3.16. The number of nitriles is 1. The van der Waals surface area contributed by atoms with Crippen LogP contribution in [0, 0.1) is 11.3 Å². The van der Waals surface area contributed by atoms with Gasteiger partial charge in [-0.15, -0.1) is 5.10 Å². The quantitative estimate of drug-likeness (QED) is 0.904. The molecule has 1 atom stereocenters. The van der Waals surface area contributed by atoms with E-state index in [-0.39, 0.29) is 31.0 Å². The molecule has 0 amide bonds. The molecule has 1 fully saturated rings. The van der Waals surface area contributed by atoms with Gasteiger partial charge in [0.15, 0.2) is 0 Å². The van der Waals surface area contributed by atoms with Crippen LogP contribution in [0.5, 0.6) is 0 Å². The van der Waals surface area contributed by atoms with E-state index in [0.29, 0.717) is 6.42 Å². The summed E-state index contributed by atoms with van der Waals surface area (Å²) in [5, 5.41) is 27.2. The summed E-state index contributed by atoms with van der Waals surface area (Å²) in [4.78, 5) is 5.08. The molecule has 1 aliphatic heterocycles. The fourth-order valence-electron chi connectivity index (χ4n) is 2.72. The summed E-state index contributed by atoms with van der Waals surface area (Å²) in [6, 6.07) is 3.72. The molecule has 0 spiro atoms. The molecule has 1 aliphatic rings. The van der Waals surface area contributed by atoms with Crippen molar-refractivity contribution in [1.29, 1.82) is 5.26 Å². The predicted octanol–water partition coefficient (Wildman–Crippen LogP) is 1.20. The van der Waals surface area contributed by atoms with Gasteiger partial charge in [-0.25, -0.2) is 9.67 Å². The average molecular weight is 338 g/mol. The number of pyridine rings is 1. The largest absolute Gasteiger partial charge is 0.433 e. The third-order valence-corrected chi connectivity index (χ3v) is 3.85. The van der Waals surface area contributed by atoms with Gasteiger partial charge in [-0.3, -0.25) is 0 Å². The van der Waals surface area contributed by atoms with Crippen LogP contribution in [-0.4, -0.2) is 43.8 Å². The Bertz CT molecular complexity index is 770. The van der Waals surface area contributed by atoms with Gasteiger partial charge in [-0.2, -0.15) is 18.4 Å². The van der Waals surface area contributed by atoms with E-state index >= 15 is 0 Å². The van der Waals surface area contributed by atoms with E-state index in [2.05, 4.69) is 15.3 Å².